The van der Waals surface area contributed by atoms with Gasteiger partial charge in [0.15, 0.2) is 13.0 Å². The molecule has 3 heteroatoms. The fourth-order valence-electron chi connectivity index (χ4n) is 3.26. The molecule has 3 rings (SSSR count). The molecule has 0 N–H and O–H groups in total. The summed E-state index contributed by atoms with van der Waals surface area (Å²) in [6, 6.07) is 21.8. The minimum absolute atomic E-state index is 0.695. The Morgan fingerprint density at radius 3 is 1.67 bits per heavy atom. The van der Waals surface area contributed by atoms with Crippen molar-refractivity contribution in [3.8, 4) is 0 Å². The lowest BCUT2D eigenvalue weighted by Crippen LogP contribution is -2.40. The van der Waals surface area contributed by atoms with Gasteiger partial charge in [0.2, 0.25) is 0 Å². The van der Waals surface area contributed by atoms with Gasteiger partial charge in [-0.25, -0.2) is 0 Å². The van der Waals surface area contributed by atoms with Crippen LogP contribution >= 0.6 is 19.0 Å². The van der Waals surface area contributed by atoms with E-state index in [0.29, 0.717) is 5.62 Å². The summed E-state index contributed by atoms with van der Waals surface area (Å²) in [5, 5.41) is 2.82. The maximum absolute atomic E-state index is 6.63. The van der Waals surface area contributed by atoms with Gasteiger partial charge in [-0.2, -0.15) is 4.67 Å². The average molecular weight is 319 g/mol. The minimum Gasteiger partial charge on any atom is -0.170 e. The van der Waals surface area contributed by atoms with Crippen LogP contribution in [-0.4, -0.2) is 23.4 Å². The number of hydrogen-bond donors (Lipinski definition) is 0. The SMILES string of the molecule is ClC[P+](c1ccccc1)(c1ccccc1)N1CCCCC1. The summed E-state index contributed by atoms with van der Waals surface area (Å²) in [4.78, 5) is 0. The number of hydrogen-bond acceptors (Lipinski definition) is 1. The van der Waals surface area contributed by atoms with Gasteiger partial charge in [0.1, 0.15) is 10.6 Å². The zero-order valence-electron chi connectivity index (χ0n) is 12.3. The van der Waals surface area contributed by atoms with E-state index in [0.717, 1.165) is 0 Å². The topological polar surface area (TPSA) is 3.24 Å². The van der Waals surface area contributed by atoms with Crippen molar-refractivity contribution < 1.29 is 0 Å². The molecular weight excluding hydrogens is 297 g/mol. The van der Waals surface area contributed by atoms with Crippen molar-refractivity contribution in [3.05, 3.63) is 60.7 Å². The first kappa shape index (κ1) is 15.0. The summed E-state index contributed by atoms with van der Waals surface area (Å²) >= 11 is 6.63. The van der Waals surface area contributed by atoms with Gasteiger partial charge < -0.3 is 0 Å². The van der Waals surface area contributed by atoms with E-state index in [1.165, 1.54) is 43.0 Å². The molecule has 1 aliphatic heterocycles. The van der Waals surface area contributed by atoms with Crippen LogP contribution in [0.3, 0.4) is 0 Å². The van der Waals surface area contributed by atoms with Crippen molar-refractivity contribution in [2.24, 2.45) is 0 Å². The van der Waals surface area contributed by atoms with Crippen LogP contribution in [0.2, 0.25) is 0 Å². The number of halogens is 1. The zero-order valence-corrected chi connectivity index (χ0v) is 13.9. The van der Waals surface area contributed by atoms with Gasteiger partial charge in [-0.05, 0) is 37.1 Å². The molecule has 1 saturated heterocycles. The van der Waals surface area contributed by atoms with E-state index in [1.54, 1.807) is 0 Å². The number of benzene rings is 2. The number of piperidine rings is 1. The molecular formula is C18H22ClNP+. The molecule has 110 valence electrons. The molecule has 2 aromatic rings. The lowest BCUT2D eigenvalue weighted by molar-refractivity contribution is 0.368. The summed E-state index contributed by atoms with van der Waals surface area (Å²) < 4.78 is 2.69. The summed E-state index contributed by atoms with van der Waals surface area (Å²) in [6.07, 6.45) is 3.93. The van der Waals surface area contributed by atoms with Crippen molar-refractivity contribution in [1.82, 2.24) is 4.67 Å². The highest BCUT2D eigenvalue weighted by atomic mass is 35.5. The standard InChI is InChI=1S/C18H22ClNP/c19-16-21(17-10-4-1-5-11-17,18-12-6-2-7-13-18)20-14-8-3-9-15-20/h1-2,4-7,10-13H,3,8-9,14-16H2/q+1. The highest BCUT2D eigenvalue weighted by molar-refractivity contribution is 7.88. The van der Waals surface area contributed by atoms with Gasteiger partial charge in [0.25, 0.3) is 0 Å². The Balaban J connectivity index is 2.12. The molecule has 1 nitrogen and oxygen atoms in total. The Morgan fingerprint density at radius 2 is 1.24 bits per heavy atom. The van der Waals surface area contributed by atoms with E-state index in [-0.39, 0.29) is 0 Å². The molecule has 0 bridgehead atoms. The van der Waals surface area contributed by atoms with E-state index in [2.05, 4.69) is 65.3 Å². The van der Waals surface area contributed by atoms with Gasteiger partial charge in [-0.15, -0.1) is 0 Å². The summed E-state index contributed by atoms with van der Waals surface area (Å²) in [5.41, 5.74) is 0.695. The van der Waals surface area contributed by atoms with Gasteiger partial charge in [-0.1, -0.05) is 54.4 Å². The molecule has 0 unspecified atom stereocenters. The second-order valence-electron chi connectivity index (χ2n) is 5.57. The third-order valence-corrected chi connectivity index (χ3v) is 9.41. The maximum Gasteiger partial charge on any atom is 0.163 e. The fraction of sp³-hybridized carbons (Fsp3) is 0.333. The quantitative estimate of drug-likeness (QED) is 0.601. The van der Waals surface area contributed by atoms with E-state index in [9.17, 15) is 0 Å². The molecule has 0 spiro atoms. The van der Waals surface area contributed by atoms with E-state index in [4.69, 9.17) is 11.6 Å². The minimum atomic E-state index is -1.66. The number of rotatable bonds is 4. The van der Waals surface area contributed by atoms with Crippen LogP contribution < -0.4 is 10.6 Å². The van der Waals surface area contributed by atoms with E-state index < -0.39 is 7.41 Å². The monoisotopic (exact) mass is 318 g/mol. The molecule has 1 aliphatic rings. The van der Waals surface area contributed by atoms with Crippen molar-refractivity contribution in [3.63, 3.8) is 0 Å². The first-order chi connectivity index (χ1) is 10.4. The molecule has 21 heavy (non-hydrogen) atoms. The van der Waals surface area contributed by atoms with E-state index in [1.807, 2.05) is 0 Å². The highest BCUT2D eigenvalue weighted by Gasteiger charge is 2.48. The van der Waals surface area contributed by atoms with E-state index >= 15 is 0 Å². The predicted octanol–water partition coefficient (Wildman–Crippen LogP) is 4.25. The Bertz CT molecular complexity index is 512. The molecule has 0 saturated carbocycles. The predicted molar refractivity (Wildman–Crippen MR) is 95.2 cm³/mol. The Hall–Kier alpha value is -0.880. The summed E-state index contributed by atoms with van der Waals surface area (Å²) in [7, 11) is -1.66. The summed E-state index contributed by atoms with van der Waals surface area (Å²) in [5.74, 6) is 0. The van der Waals surface area contributed by atoms with Crippen molar-refractivity contribution >= 4 is 29.6 Å². The third-order valence-electron chi connectivity index (χ3n) is 4.35. The van der Waals surface area contributed by atoms with Crippen LogP contribution in [0, 0.1) is 0 Å². The zero-order chi connectivity index (χ0) is 14.5. The number of nitrogens with zero attached hydrogens (tertiary/aromatic N) is 1. The first-order valence-corrected chi connectivity index (χ1v) is 10.1. The Kier molecular flexibility index (Phi) is 4.95. The third kappa shape index (κ3) is 2.88. The molecule has 1 fully saturated rings. The maximum atomic E-state index is 6.63. The Labute approximate surface area is 133 Å². The van der Waals surface area contributed by atoms with Crippen LogP contribution in [-0.2, 0) is 0 Å². The van der Waals surface area contributed by atoms with Crippen molar-refractivity contribution in [2.45, 2.75) is 19.3 Å². The second-order valence-corrected chi connectivity index (χ2v) is 9.67. The Morgan fingerprint density at radius 1 is 0.762 bits per heavy atom. The van der Waals surface area contributed by atoms with Crippen LogP contribution in [0.25, 0.3) is 0 Å². The molecule has 0 radical (unpaired) electrons. The van der Waals surface area contributed by atoms with Crippen LogP contribution in [0.5, 0.6) is 0 Å². The van der Waals surface area contributed by atoms with Crippen LogP contribution in [0.1, 0.15) is 19.3 Å². The van der Waals surface area contributed by atoms with Gasteiger partial charge in [0, 0.05) is 13.1 Å². The van der Waals surface area contributed by atoms with Gasteiger partial charge >= 0.3 is 0 Å². The molecule has 0 aliphatic carbocycles. The highest BCUT2D eigenvalue weighted by Crippen LogP contribution is 2.61. The second kappa shape index (κ2) is 6.92. The van der Waals surface area contributed by atoms with Crippen molar-refractivity contribution in [1.29, 1.82) is 0 Å². The van der Waals surface area contributed by atoms with Crippen LogP contribution in [0.4, 0.5) is 0 Å². The molecule has 0 amide bonds. The van der Waals surface area contributed by atoms with Crippen molar-refractivity contribution in [2.75, 3.05) is 18.7 Å². The molecule has 2 aromatic carbocycles. The average Bonchev–Trinajstić information content (AvgIpc) is 2.59. The largest absolute Gasteiger partial charge is 0.170 e. The number of alkyl halides is 1. The molecule has 1 heterocycles. The lowest BCUT2D eigenvalue weighted by Gasteiger charge is -2.37. The van der Waals surface area contributed by atoms with Gasteiger partial charge in [-0.3, -0.25) is 0 Å². The fourth-order valence-corrected chi connectivity index (χ4v) is 8.21. The lowest BCUT2D eigenvalue weighted by atomic mass is 10.2. The molecule has 0 aromatic heterocycles. The molecule has 0 atom stereocenters. The smallest absolute Gasteiger partial charge is 0.163 e. The normalized spacial score (nSPS) is 16.8. The van der Waals surface area contributed by atoms with Crippen LogP contribution in [0.15, 0.2) is 60.7 Å². The van der Waals surface area contributed by atoms with Gasteiger partial charge in [0.05, 0.1) is 0 Å². The summed E-state index contributed by atoms with van der Waals surface area (Å²) in [6.45, 7) is 2.34. The first-order valence-electron chi connectivity index (χ1n) is 7.68.